The molecule has 3 aromatic carbocycles. The summed E-state index contributed by atoms with van der Waals surface area (Å²) in [5.41, 5.74) is 0.955. The molecule has 0 unspecified atom stereocenters. The highest BCUT2D eigenvalue weighted by Crippen LogP contribution is 2.35. The molecule has 0 saturated carbocycles. The maximum absolute atomic E-state index is 13.3. The van der Waals surface area contributed by atoms with Gasteiger partial charge in [-0.3, -0.25) is 25.1 Å². The second kappa shape index (κ2) is 13.6. The van der Waals surface area contributed by atoms with Gasteiger partial charge in [-0.05, 0) is 87.3 Å². The van der Waals surface area contributed by atoms with Crippen LogP contribution in [0.5, 0.6) is 0 Å². The largest absolute Gasteiger partial charge is 0.371 e. The second-order valence-corrected chi connectivity index (χ2v) is 14.9. The molecular formula is C32H42N6O4S2. The number of thioether (sulfide) groups is 1. The van der Waals surface area contributed by atoms with E-state index in [0.29, 0.717) is 23.2 Å². The summed E-state index contributed by atoms with van der Waals surface area (Å²) >= 11 is 1.63. The van der Waals surface area contributed by atoms with Crippen LogP contribution < -0.4 is 14.9 Å². The van der Waals surface area contributed by atoms with Crippen molar-refractivity contribution in [3.05, 3.63) is 88.5 Å². The van der Waals surface area contributed by atoms with E-state index in [1.807, 2.05) is 68.4 Å². The number of hydrogen-bond donors (Lipinski definition) is 3. The molecule has 4 rings (SSSR count). The Morgan fingerprint density at radius 2 is 1.70 bits per heavy atom. The summed E-state index contributed by atoms with van der Waals surface area (Å²) < 4.78 is 28.8. The zero-order chi connectivity index (χ0) is 32.1. The molecule has 0 aliphatic carbocycles. The van der Waals surface area contributed by atoms with Gasteiger partial charge < -0.3 is 10.2 Å². The van der Waals surface area contributed by atoms with Crippen molar-refractivity contribution < 1.29 is 13.3 Å². The molecule has 1 saturated heterocycles. The number of anilines is 2. The second-order valence-electron chi connectivity index (χ2n) is 12.1. The average molecular weight is 639 g/mol. The lowest BCUT2D eigenvalue weighted by atomic mass is 9.82. The van der Waals surface area contributed by atoms with Gasteiger partial charge >= 0.3 is 0 Å². The smallest absolute Gasteiger partial charge is 0.293 e. The van der Waals surface area contributed by atoms with E-state index in [4.69, 9.17) is 5.41 Å². The number of piperidine rings is 1. The molecule has 1 atom stereocenters. The van der Waals surface area contributed by atoms with E-state index in [9.17, 15) is 18.5 Å². The van der Waals surface area contributed by atoms with Crippen LogP contribution in [0.1, 0.15) is 45.6 Å². The third-order valence-electron chi connectivity index (χ3n) is 8.38. The number of rotatable bonds is 12. The van der Waals surface area contributed by atoms with Gasteiger partial charge in [-0.1, -0.05) is 39.0 Å². The van der Waals surface area contributed by atoms with Crippen molar-refractivity contribution in [3.63, 3.8) is 0 Å². The number of hydrogen-bond acceptors (Lipinski definition) is 9. The van der Waals surface area contributed by atoms with Gasteiger partial charge in [0.05, 0.1) is 15.5 Å². The molecule has 236 valence electrons. The normalized spacial score (nSPS) is 16.3. The maximum atomic E-state index is 13.3. The number of nitrogens with one attached hydrogen (secondary N) is 3. The van der Waals surface area contributed by atoms with Crippen molar-refractivity contribution in [1.82, 2.24) is 9.62 Å². The summed E-state index contributed by atoms with van der Waals surface area (Å²) in [6, 6.07) is 20.9. The van der Waals surface area contributed by atoms with E-state index in [1.54, 1.807) is 23.9 Å². The Hall–Kier alpha value is -3.61. The zero-order valence-corrected chi connectivity index (χ0v) is 27.6. The first-order chi connectivity index (χ1) is 20.7. The fraction of sp³-hybridized carbons (Fsp3) is 0.406. The third kappa shape index (κ3) is 7.91. The summed E-state index contributed by atoms with van der Waals surface area (Å²) in [7, 11) is -0.458. The van der Waals surface area contributed by atoms with E-state index in [-0.39, 0.29) is 22.1 Å². The minimum atomic E-state index is -4.27. The minimum Gasteiger partial charge on any atom is -0.371 e. The standard InChI is InChI=1S/C32H42N6O4S2/c1-6-32(36(4)5,23-43-26-10-8-7-9-11-26)34-28-17-16-27(22-29(28)38(39)40)44(41,42)35-30(33)24-12-14-25(15-13-24)37-20-18-31(2,3)19-21-37/h7-17,22,34H,6,18-21,23H2,1-5H3,(H2,33,35)/t32-/m1/s1. The molecule has 0 spiro atoms. The topological polar surface area (TPSA) is 132 Å². The number of nitrogens with zero attached hydrogens (tertiary/aromatic N) is 3. The number of amidine groups is 1. The van der Waals surface area contributed by atoms with Crippen LogP contribution in [0.4, 0.5) is 17.1 Å². The summed E-state index contributed by atoms with van der Waals surface area (Å²) in [5.74, 6) is 0.280. The summed E-state index contributed by atoms with van der Waals surface area (Å²) in [6.45, 7) is 8.43. The summed E-state index contributed by atoms with van der Waals surface area (Å²) in [5, 5.41) is 23.9. The Morgan fingerprint density at radius 3 is 2.27 bits per heavy atom. The molecule has 10 nitrogen and oxygen atoms in total. The minimum absolute atomic E-state index is 0.213. The molecule has 44 heavy (non-hydrogen) atoms. The first-order valence-electron chi connectivity index (χ1n) is 14.6. The predicted octanol–water partition coefficient (Wildman–Crippen LogP) is 6.40. The van der Waals surface area contributed by atoms with Crippen LogP contribution in [0.25, 0.3) is 0 Å². The molecule has 1 aliphatic heterocycles. The van der Waals surface area contributed by atoms with E-state index in [0.717, 1.165) is 42.6 Å². The van der Waals surface area contributed by atoms with Gasteiger partial charge in [0.1, 0.15) is 11.5 Å². The number of nitro groups is 1. The average Bonchev–Trinajstić information content (AvgIpc) is 2.99. The fourth-order valence-electron chi connectivity index (χ4n) is 5.15. The van der Waals surface area contributed by atoms with Gasteiger partial charge in [-0.25, -0.2) is 8.42 Å². The van der Waals surface area contributed by atoms with Gasteiger partial charge in [0.25, 0.3) is 15.7 Å². The molecule has 1 aliphatic rings. The van der Waals surface area contributed by atoms with Crippen molar-refractivity contribution >= 4 is 44.7 Å². The molecule has 1 fully saturated rings. The van der Waals surface area contributed by atoms with Crippen LogP contribution in [0.15, 0.2) is 82.6 Å². The van der Waals surface area contributed by atoms with Crippen molar-refractivity contribution in [2.75, 3.05) is 43.2 Å². The van der Waals surface area contributed by atoms with Crippen LogP contribution in [0.3, 0.4) is 0 Å². The van der Waals surface area contributed by atoms with Gasteiger partial charge in [-0.15, -0.1) is 11.8 Å². The molecule has 3 N–H and O–H groups in total. The van der Waals surface area contributed by atoms with Gasteiger partial charge in [0, 0.05) is 41.1 Å². The predicted molar refractivity (Wildman–Crippen MR) is 179 cm³/mol. The van der Waals surface area contributed by atoms with Crippen LogP contribution in [0, 0.1) is 20.9 Å². The first kappa shape index (κ1) is 33.3. The van der Waals surface area contributed by atoms with Crippen LogP contribution in [-0.2, 0) is 10.0 Å². The lowest BCUT2D eigenvalue weighted by Gasteiger charge is -2.40. The fourth-order valence-corrected chi connectivity index (χ4v) is 7.46. The molecular weight excluding hydrogens is 597 g/mol. The van der Waals surface area contributed by atoms with Crippen molar-refractivity contribution in [3.8, 4) is 0 Å². The molecule has 3 aromatic rings. The molecule has 12 heteroatoms. The highest BCUT2D eigenvalue weighted by Gasteiger charge is 2.34. The molecule has 0 radical (unpaired) electrons. The molecule has 1 heterocycles. The summed E-state index contributed by atoms with van der Waals surface area (Å²) in [4.78, 5) is 16.6. The van der Waals surface area contributed by atoms with Crippen LogP contribution in [-0.4, -0.2) is 62.7 Å². The first-order valence-corrected chi connectivity index (χ1v) is 17.1. The van der Waals surface area contributed by atoms with Crippen molar-refractivity contribution in [2.45, 2.75) is 55.5 Å². The van der Waals surface area contributed by atoms with E-state index in [1.165, 1.54) is 12.1 Å². The van der Waals surface area contributed by atoms with Gasteiger partial charge in [0.15, 0.2) is 0 Å². The Balaban J connectivity index is 1.51. The van der Waals surface area contributed by atoms with E-state index < -0.39 is 20.6 Å². The highest BCUT2D eigenvalue weighted by atomic mass is 32.2. The Labute approximate surface area is 264 Å². The quantitative estimate of drug-likeness (QED) is 0.0519. The van der Waals surface area contributed by atoms with Crippen LogP contribution >= 0.6 is 11.8 Å². The third-order valence-corrected chi connectivity index (χ3v) is 11.0. The van der Waals surface area contributed by atoms with Crippen LogP contribution in [0.2, 0.25) is 0 Å². The van der Waals surface area contributed by atoms with E-state index in [2.05, 4.69) is 28.8 Å². The highest BCUT2D eigenvalue weighted by molar-refractivity contribution is 7.99. The van der Waals surface area contributed by atoms with Crippen molar-refractivity contribution in [2.24, 2.45) is 5.41 Å². The monoisotopic (exact) mass is 638 g/mol. The lowest BCUT2D eigenvalue weighted by molar-refractivity contribution is -0.384. The molecule has 0 amide bonds. The Morgan fingerprint density at radius 1 is 1.07 bits per heavy atom. The van der Waals surface area contributed by atoms with E-state index >= 15 is 0 Å². The number of benzene rings is 3. The van der Waals surface area contributed by atoms with Gasteiger partial charge in [0.2, 0.25) is 0 Å². The maximum Gasteiger partial charge on any atom is 0.293 e. The molecule has 0 bridgehead atoms. The Kier molecular flexibility index (Phi) is 10.3. The molecule has 0 aromatic heterocycles. The van der Waals surface area contributed by atoms with Gasteiger partial charge in [-0.2, -0.15) is 0 Å². The zero-order valence-electron chi connectivity index (χ0n) is 26.0. The number of nitro benzene ring substituents is 1. The SMILES string of the molecule is CC[C@@](CSc1ccccc1)(Nc1ccc(S(=O)(=O)NC(=N)c2ccc(N3CCC(C)(C)CC3)cc2)cc1[N+](=O)[O-])N(C)C. The number of sulfonamides is 1. The summed E-state index contributed by atoms with van der Waals surface area (Å²) in [6.07, 6.45) is 2.81. The Bertz CT molecular complexity index is 1570. The van der Waals surface area contributed by atoms with Crippen molar-refractivity contribution in [1.29, 1.82) is 5.41 Å². The lowest BCUT2D eigenvalue weighted by Crippen LogP contribution is -2.52.